The summed E-state index contributed by atoms with van der Waals surface area (Å²) in [7, 11) is -3.36. The van der Waals surface area contributed by atoms with E-state index in [1.54, 1.807) is 10.5 Å². The lowest BCUT2D eigenvalue weighted by Gasteiger charge is -2.33. The topological polar surface area (TPSA) is 62.3 Å². The van der Waals surface area contributed by atoms with Gasteiger partial charge in [0, 0.05) is 24.2 Å². The summed E-state index contributed by atoms with van der Waals surface area (Å²) in [6.07, 6.45) is 4.31. The van der Waals surface area contributed by atoms with Gasteiger partial charge in [0.2, 0.25) is 10.0 Å². The number of hydrogen-bond acceptors (Lipinski definition) is 4. The molecule has 1 aliphatic heterocycles. The van der Waals surface area contributed by atoms with Crippen LogP contribution in [-0.4, -0.2) is 43.4 Å². The molecule has 1 N–H and O–H groups in total. The maximum Gasteiger partial charge on any atom is 0.218 e. The zero-order chi connectivity index (χ0) is 17.0. The molecule has 0 aliphatic carbocycles. The van der Waals surface area contributed by atoms with Gasteiger partial charge in [0.25, 0.3) is 0 Å². The van der Waals surface area contributed by atoms with Crippen molar-refractivity contribution in [3.63, 3.8) is 0 Å². The first-order valence-corrected chi connectivity index (χ1v) is 10.3. The largest absolute Gasteiger partial charge is 0.317 e. The molecule has 0 spiro atoms. The first-order valence-electron chi connectivity index (χ1n) is 8.64. The Kier molecular flexibility index (Phi) is 7.19. The number of aromatic nitrogens is 1. The fraction of sp³-hybridized carbons (Fsp3) is 0.500. The Hall–Kier alpha value is -1.21. The first-order chi connectivity index (χ1) is 11.6. The second-order valence-corrected chi connectivity index (χ2v) is 8.26. The van der Waals surface area contributed by atoms with Gasteiger partial charge in [-0.25, -0.2) is 8.42 Å². The van der Waals surface area contributed by atoms with E-state index in [2.05, 4.69) is 10.3 Å². The molecule has 0 radical (unpaired) electrons. The highest BCUT2D eigenvalue weighted by Crippen LogP contribution is 2.23. The number of nitrogens with zero attached hydrogens (tertiary/aromatic N) is 2. The minimum Gasteiger partial charge on any atom is -0.317 e. The van der Waals surface area contributed by atoms with Crippen LogP contribution in [0.3, 0.4) is 0 Å². The van der Waals surface area contributed by atoms with Gasteiger partial charge in [-0.3, -0.25) is 4.98 Å². The average molecular weight is 384 g/mol. The molecule has 138 valence electrons. The zero-order valence-electron chi connectivity index (χ0n) is 14.5. The Morgan fingerprint density at radius 1 is 1.20 bits per heavy atom. The minimum absolute atomic E-state index is 0. The maximum absolute atomic E-state index is 13.1. The van der Waals surface area contributed by atoms with Gasteiger partial charge >= 0.3 is 0 Å². The van der Waals surface area contributed by atoms with Crippen LogP contribution < -0.4 is 5.32 Å². The zero-order valence-corrected chi connectivity index (χ0v) is 16.2. The molecule has 1 aliphatic rings. The summed E-state index contributed by atoms with van der Waals surface area (Å²) in [5.41, 5.74) is 1.56. The lowest BCUT2D eigenvalue weighted by atomic mass is 10.1. The van der Waals surface area contributed by atoms with E-state index in [9.17, 15) is 8.42 Å². The normalized spacial score (nSPS) is 16.1. The Balaban J connectivity index is 0.00000225. The summed E-state index contributed by atoms with van der Waals surface area (Å²) in [6.45, 7) is 4.39. The number of para-hydroxylation sites is 1. The van der Waals surface area contributed by atoms with Gasteiger partial charge in [-0.15, -0.1) is 12.4 Å². The van der Waals surface area contributed by atoms with Crippen molar-refractivity contribution in [2.75, 3.05) is 19.6 Å². The molecule has 0 bridgehead atoms. The maximum atomic E-state index is 13.1. The predicted octanol–water partition coefficient (Wildman–Crippen LogP) is 2.95. The number of piperidine rings is 1. The van der Waals surface area contributed by atoms with Gasteiger partial charge in [0.1, 0.15) is 0 Å². The van der Waals surface area contributed by atoms with Gasteiger partial charge in [-0.1, -0.05) is 31.2 Å². The lowest BCUT2D eigenvalue weighted by molar-refractivity contribution is 0.262. The van der Waals surface area contributed by atoms with Crippen LogP contribution in [0.25, 0.3) is 10.9 Å². The van der Waals surface area contributed by atoms with Crippen molar-refractivity contribution in [1.29, 1.82) is 0 Å². The van der Waals surface area contributed by atoms with E-state index in [4.69, 9.17) is 0 Å². The van der Waals surface area contributed by atoms with Crippen LogP contribution in [0.1, 0.15) is 31.7 Å². The molecule has 2 heterocycles. The molecule has 25 heavy (non-hydrogen) atoms. The molecular weight excluding hydrogens is 358 g/mol. The second kappa shape index (κ2) is 8.94. The summed E-state index contributed by atoms with van der Waals surface area (Å²) in [4.78, 5) is 4.39. The first kappa shape index (κ1) is 20.1. The predicted molar refractivity (Wildman–Crippen MR) is 105 cm³/mol. The van der Waals surface area contributed by atoms with Crippen LogP contribution in [0.15, 0.2) is 36.5 Å². The van der Waals surface area contributed by atoms with Gasteiger partial charge in [-0.05, 0) is 44.0 Å². The monoisotopic (exact) mass is 383 g/mol. The molecule has 1 aromatic heterocycles. The molecule has 3 rings (SSSR count). The van der Waals surface area contributed by atoms with E-state index in [0.717, 1.165) is 48.8 Å². The smallest absolute Gasteiger partial charge is 0.218 e. The van der Waals surface area contributed by atoms with Crippen LogP contribution in [0.5, 0.6) is 0 Å². The number of benzene rings is 1. The highest BCUT2D eigenvalue weighted by Gasteiger charge is 2.30. The van der Waals surface area contributed by atoms with E-state index < -0.39 is 10.0 Å². The number of pyridine rings is 1. The molecule has 0 saturated carbocycles. The van der Waals surface area contributed by atoms with Crippen molar-refractivity contribution in [3.05, 3.63) is 42.1 Å². The van der Waals surface area contributed by atoms with Crippen LogP contribution in [-0.2, 0) is 15.8 Å². The molecule has 2 aromatic rings. The van der Waals surface area contributed by atoms with Crippen molar-refractivity contribution in [2.24, 2.45) is 0 Å². The van der Waals surface area contributed by atoms with E-state index in [0.29, 0.717) is 6.54 Å². The van der Waals surface area contributed by atoms with Crippen LogP contribution in [0.2, 0.25) is 0 Å². The Morgan fingerprint density at radius 2 is 1.92 bits per heavy atom. The molecular formula is C18H26ClN3O2S. The number of sulfonamides is 1. The Bertz CT molecular complexity index is 787. The third-order valence-electron chi connectivity index (χ3n) is 4.57. The third kappa shape index (κ3) is 4.70. The number of rotatable bonds is 6. The average Bonchev–Trinajstić information content (AvgIpc) is 2.60. The molecule has 7 heteroatoms. The third-order valence-corrected chi connectivity index (χ3v) is 6.44. The fourth-order valence-corrected chi connectivity index (χ4v) is 5.34. The quantitative estimate of drug-likeness (QED) is 0.833. The van der Waals surface area contributed by atoms with Crippen molar-refractivity contribution in [2.45, 2.75) is 38.0 Å². The van der Waals surface area contributed by atoms with Crippen LogP contribution >= 0.6 is 12.4 Å². The van der Waals surface area contributed by atoms with E-state index in [-0.39, 0.29) is 24.2 Å². The van der Waals surface area contributed by atoms with Gasteiger partial charge in [-0.2, -0.15) is 4.31 Å². The Morgan fingerprint density at radius 3 is 2.64 bits per heavy atom. The van der Waals surface area contributed by atoms with Gasteiger partial charge < -0.3 is 5.32 Å². The fourth-order valence-electron chi connectivity index (χ4n) is 3.43. The number of halogens is 1. The minimum atomic E-state index is -3.36. The molecule has 1 aromatic carbocycles. The molecule has 0 amide bonds. The number of fused-ring (bicyclic) bond motifs is 1. The Labute approximate surface area is 156 Å². The second-order valence-electron chi connectivity index (χ2n) is 6.34. The van der Waals surface area contributed by atoms with Gasteiger partial charge in [0.05, 0.1) is 11.3 Å². The van der Waals surface area contributed by atoms with Crippen molar-refractivity contribution in [3.8, 4) is 0 Å². The van der Waals surface area contributed by atoms with Crippen LogP contribution in [0.4, 0.5) is 0 Å². The highest BCUT2D eigenvalue weighted by atomic mass is 35.5. The standard InChI is InChI=1S/C18H25N3O2S.ClH/c1-2-13-21(17-8-11-19-12-9-17)24(22,23)14-16-6-3-5-15-7-4-10-20-18(15)16;/h3-7,10,17,19H,2,8-9,11-14H2,1H3;1H. The van der Waals surface area contributed by atoms with Crippen molar-refractivity contribution in [1.82, 2.24) is 14.6 Å². The SMILES string of the molecule is CCCN(C1CCNCC1)S(=O)(=O)Cc1cccc2cccnc12.Cl. The van der Waals surface area contributed by atoms with E-state index in [1.165, 1.54) is 0 Å². The van der Waals surface area contributed by atoms with E-state index >= 15 is 0 Å². The summed E-state index contributed by atoms with van der Waals surface area (Å²) in [6, 6.07) is 9.70. The molecule has 1 fully saturated rings. The summed E-state index contributed by atoms with van der Waals surface area (Å²) in [5.74, 6) is 0.0191. The number of nitrogens with one attached hydrogen (secondary N) is 1. The molecule has 0 atom stereocenters. The molecule has 1 saturated heterocycles. The lowest BCUT2D eigenvalue weighted by Crippen LogP contribution is -2.46. The van der Waals surface area contributed by atoms with Gasteiger partial charge in [0.15, 0.2) is 0 Å². The van der Waals surface area contributed by atoms with Crippen molar-refractivity contribution >= 4 is 33.3 Å². The number of hydrogen-bond donors (Lipinski definition) is 1. The van der Waals surface area contributed by atoms with E-state index in [1.807, 2.05) is 37.3 Å². The summed E-state index contributed by atoms with van der Waals surface area (Å²) < 4.78 is 28.0. The van der Waals surface area contributed by atoms with Crippen molar-refractivity contribution < 1.29 is 8.42 Å². The molecule has 0 unspecified atom stereocenters. The van der Waals surface area contributed by atoms with Crippen LogP contribution in [0, 0.1) is 0 Å². The summed E-state index contributed by atoms with van der Waals surface area (Å²) >= 11 is 0. The summed E-state index contributed by atoms with van der Waals surface area (Å²) in [5, 5.41) is 4.29. The highest BCUT2D eigenvalue weighted by molar-refractivity contribution is 7.88. The molecule has 5 nitrogen and oxygen atoms in total.